The Kier molecular flexibility index (Phi) is 2.77. The molecule has 0 unspecified atom stereocenters. The first kappa shape index (κ1) is 15.0. The van der Waals surface area contributed by atoms with Crippen molar-refractivity contribution in [3.63, 3.8) is 0 Å². The maximum atomic E-state index is 2.42. The van der Waals surface area contributed by atoms with Gasteiger partial charge in [0.1, 0.15) is 0 Å². The average Bonchev–Trinajstić information content (AvgIpc) is 2.71. The van der Waals surface area contributed by atoms with Crippen LogP contribution in [0.15, 0.2) is 84.9 Å². The van der Waals surface area contributed by atoms with Gasteiger partial charge in [-0.2, -0.15) is 0 Å². The van der Waals surface area contributed by atoms with Crippen LogP contribution in [-0.2, 0) is 5.41 Å². The van der Waals surface area contributed by atoms with E-state index in [9.17, 15) is 0 Å². The zero-order valence-electron chi connectivity index (χ0n) is 15.6. The van der Waals surface area contributed by atoms with E-state index >= 15 is 0 Å². The van der Waals surface area contributed by atoms with Crippen molar-refractivity contribution in [3.05, 3.63) is 96.1 Å². The lowest BCUT2D eigenvalue weighted by Crippen LogP contribution is -2.24. The van der Waals surface area contributed by atoms with Gasteiger partial charge in [-0.15, -0.1) is 0 Å². The zero-order valence-corrected chi connectivity index (χ0v) is 15.6. The minimum Gasteiger partial charge on any atom is -0.0616 e. The van der Waals surface area contributed by atoms with Gasteiger partial charge in [-0.25, -0.2) is 0 Å². The summed E-state index contributed by atoms with van der Waals surface area (Å²) in [5.74, 6) is 0. The molecule has 0 bridgehead atoms. The first-order valence-corrected chi connectivity index (χ1v) is 9.64. The SMILES string of the molecule is CC1(C)c2c(ccc3ccccc23)-c2cccc3c2c1cc1ccccc13. The first-order chi connectivity index (χ1) is 13.2. The number of fused-ring (bicyclic) bond motifs is 6. The molecule has 0 spiro atoms. The summed E-state index contributed by atoms with van der Waals surface area (Å²) in [5, 5.41) is 8.15. The van der Waals surface area contributed by atoms with Gasteiger partial charge in [0.05, 0.1) is 0 Å². The molecule has 0 N–H and O–H groups in total. The average molecular weight is 344 g/mol. The Morgan fingerprint density at radius 1 is 0.556 bits per heavy atom. The van der Waals surface area contributed by atoms with Gasteiger partial charge in [0.25, 0.3) is 0 Å². The first-order valence-electron chi connectivity index (χ1n) is 9.64. The molecule has 128 valence electrons. The standard InChI is InChI=1S/C27H20/c1-27(2)24-16-18-9-4-5-10-19(18)21-12-7-13-22(25(21)24)23-15-14-17-8-3-6-11-20(17)26(23)27/h3-16H,1-2H3. The summed E-state index contributed by atoms with van der Waals surface area (Å²) in [7, 11) is 0. The maximum absolute atomic E-state index is 2.42. The Balaban J connectivity index is 1.90. The quantitative estimate of drug-likeness (QED) is 0.256. The molecule has 5 aromatic carbocycles. The van der Waals surface area contributed by atoms with Gasteiger partial charge in [0.15, 0.2) is 0 Å². The Labute approximate surface area is 159 Å². The van der Waals surface area contributed by atoms with Gasteiger partial charge in [-0.05, 0) is 60.6 Å². The van der Waals surface area contributed by atoms with Gasteiger partial charge in [-0.1, -0.05) is 92.7 Å². The number of benzene rings is 5. The van der Waals surface area contributed by atoms with Gasteiger partial charge >= 0.3 is 0 Å². The van der Waals surface area contributed by atoms with Crippen LogP contribution in [0.1, 0.15) is 25.0 Å². The fourth-order valence-corrected chi connectivity index (χ4v) is 5.18. The Bertz CT molecular complexity index is 1390. The third-order valence-electron chi connectivity index (χ3n) is 6.40. The lowest BCUT2D eigenvalue weighted by molar-refractivity contribution is 0.652. The highest BCUT2D eigenvalue weighted by Gasteiger charge is 2.35. The minimum atomic E-state index is -0.0488. The molecule has 0 heterocycles. The summed E-state index contributed by atoms with van der Waals surface area (Å²) in [4.78, 5) is 0. The molecule has 0 fully saturated rings. The molecular weight excluding hydrogens is 324 g/mol. The third kappa shape index (κ3) is 1.83. The van der Waals surface area contributed by atoms with Gasteiger partial charge in [-0.3, -0.25) is 0 Å². The van der Waals surface area contributed by atoms with Crippen LogP contribution in [0.4, 0.5) is 0 Å². The predicted octanol–water partition coefficient (Wildman–Crippen LogP) is 7.45. The molecule has 1 aliphatic rings. The highest BCUT2D eigenvalue weighted by atomic mass is 14.4. The molecule has 0 atom stereocenters. The summed E-state index contributed by atoms with van der Waals surface area (Å²) in [6, 6.07) is 31.4. The highest BCUT2D eigenvalue weighted by molar-refractivity contribution is 6.16. The van der Waals surface area contributed by atoms with E-state index in [4.69, 9.17) is 0 Å². The molecule has 0 aromatic heterocycles. The van der Waals surface area contributed by atoms with E-state index in [1.807, 2.05) is 0 Å². The molecule has 0 radical (unpaired) electrons. The van der Waals surface area contributed by atoms with E-state index in [0.29, 0.717) is 0 Å². The smallest absolute Gasteiger partial charge is 0.0165 e. The third-order valence-corrected chi connectivity index (χ3v) is 6.40. The van der Waals surface area contributed by atoms with Gasteiger partial charge in [0.2, 0.25) is 0 Å². The lowest BCUT2D eigenvalue weighted by atomic mass is 9.66. The molecule has 0 saturated heterocycles. The Morgan fingerprint density at radius 2 is 1.26 bits per heavy atom. The predicted molar refractivity (Wildman–Crippen MR) is 117 cm³/mol. The second-order valence-corrected chi connectivity index (χ2v) is 8.21. The second-order valence-electron chi connectivity index (χ2n) is 8.21. The number of rotatable bonds is 0. The van der Waals surface area contributed by atoms with Gasteiger partial charge < -0.3 is 0 Å². The van der Waals surface area contributed by atoms with Crippen LogP contribution in [0.25, 0.3) is 43.4 Å². The molecule has 0 saturated carbocycles. The van der Waals surface area contributed by atoms with E-state index in [-0.39, 0.29) is 5.41 Å². The summed E-state index contributed by atoms with van der Waals surface area (Å²) in [6.07, 6.45) is 0. The van der Waals surface area contributed by atoms with Crippen LogP contribution in [0, 0.1) is 0 Å². The van der Waals surface area contributed by atoms with Crippen LogP contribution >= 0.6 is 0 Å². The van der Waals surface area contributed by atoms with Crippen LogP contribution in [0.3, 0.4) is 0 Å². The molecule has 6 rings (SSSR count). The zero-order chi connectivity index (χ0) is 18.2. The molecular formula is C27H20. The minimum absolute atomic E-state index is 0.0488. The topological polar surface area (TPSA) is 0 Å². The monoisotopic (exact) mass is 344 g/mol. The van der Waals surface area contributed by atoms with Crippen LogP contribution in [-0.4, -0.2) is 0 Å². The number of hydrogen-bond acceptors (Lipinski definition) is 0. The van der Waals surface area contributed by atoms with Crippen molar-refractivity contribution in [1.82, 2.24) is 0 Å². The van der Waals surface area contributed by atoms with Crippen molar-refractivity contribution in [1.29, 1.82) is 0 Å². The van der Waals surface area contributed by atoms with Crippen molar-refractivity contribution in [2.75, 3.05) is 0 Å². The van der Waals surface area contributed by atoms with E-state index in [2.05, 4.69) is 98.8 Å². The summed E-state index contributed by atoms with van der Waals surface area (Å²) < 4.78 is 0. The largest absolute Gasteiger partial charge is 0.0616 e. The van der Waals surface area contributed by atoms with Crippen molar-refractivity contribution < 1.29 is 0 Å². The van der Waals surface area contributed by atoms with Crippen LogP contribution < -0.4 is 0 Å². The summed E-state index contributed by atoms with van der Waals surface area (Å²) >= 11 is 0. The molecule has 0 amide bonds. The van der Waals surface area contributed by atoms with E-state index in [0.717, 1.165) is 0 Å². The molecule has 5 aromatic rings. The van der Waals surface area contributed by atoms with E-state index in [1.165, 1.54) is 54.6 Å². The molecule has 0 heteroatoms. The molecule has 0 nitrogen and oxygen atoms in total. The van der Waals surface area contributed by atoms with Crippen LogP contribution in [0.5, 0.6) is 0 Å². The fourth-order valence-electron chi connectivity index (χ4n) is 5.18. The highest BCUT2D eigenvalue weighted by Crippen LogP contribution is 2.52. The number of hydrogen-bond donors (Lipinski definition) is 0. The van der Waals surface area contributed by atoms with Gasteiger partial charge in [0, 0.05) is 5.41 Å². The van der Waals surface area contributed by atoms with Crippen molar-refractivity contribution in [2.45, 2.75) is 19.3 Å². The van der Waals surface area contributed by atoms with Crippen molar-refractivity contribution >= 4 is 32.3 Å². The van der Waals surface area contributed by atoms with Crippen LogP contribution in [0.2, 0.25) is 0 Å². The van der Waals surface area contributed by atoms with Crippen molar-refractivity contribution in [2.24, 2.45) is 0 Å². The summed E-state index contributed by atoms with van der Waals surface area (Å²) in [5.41, 5.74) is 5.60. The second kappa shape index (κ2) is 4.98. The summed E-state index contributed by atoms with van der Waals surface area (Å²) in [6.45, 7) is 4.77. The molecule has 1 aliphatic carbocycles. The van der Waals surface area contributed by atoms with Crippen molar-refractivity contribution in [3.8, 4) is 11.1 Å². The lowest BCUT2D eigenvalue weighted by Gasteiger charge is -2.36. The fraction of sp³-hybridized carbons (Fsp3) is 0.111. The Hall–Kier alpha value is -3.12. The molecule has 27 heavy (non-hydrogen) atoms. The van der Waals surface area contributed by atoms with E-state index in [1.54, 1.807) is 0 Å². The maximum Gasteiger partial charge on any atom is 0.0165 e. The Morgan fingerprint density at radius 3 is 2.11 bits per heavy atom. The molecule has 0 aliphatic heterocycles. The van der Waals surface area contributed by atoms with E-state index < -0.39 is 0 Å². The normalized spacial score (nSPS) is 14.6.